The lowest BCUT2D eigenvalue weighted by Gasteiger charge is -2.16. The molecule has 0 saturated heterocycles. The molecule has 3 aromatic rings. The molecule has 0 spiro atoms. The van der Waals surface area contributed by atoms with Crippen LogP contribution in [0.5, 0.6) is 0 Å². The van der Waals surface area contributed by atoms with Gasteiger partial charge in [-0.15, -0.1) is 0 Å². The van der Waals surface area contributed by atoms with Crippen LogP contribution in [0.25, 0.3) is 5.57 Å². The highest BCUT2D eigenvalue weighted by atomic mass is 19.1. The average molecular weight is 400 g/mol. The summed E-state index contributed by atoms with van der Waals surface area (Å²) in [4.78, 5) is 28.0. The second-order valence-electron chi connectivity index (χ2n) is 7.48. The largest absolute Gasteiger partial charge is 0.350 e. The van der Waals surface area contributed by atoms with Crippen molar-refractivity contribution in [3.8, 4) is 0 Å². The van der Waals surface area contributed by atoms with Crippen LogP contribution >= 0.6 is 0 Å². The smallest absolute Gasteiger partial charge is 0.282 e. The van der Waals surface area contributed by atoms with Gasteiger partial charge >= 0.3 is 0 Å². The summed E-state index contributed by atoms with van der Waals surface area (Å²) >= 11 is 0. The van der Waals surface area contributed by atoms with Crippen molar-refractivity contribution in [1.82, 2.24) is 0 Å². The first kappa shape index (κ1) is 19.6. The fraction of sp³-hybridized carbons (Fsp3) is 0.120. The maximum Gasteiger partial charge on any atom is 0.282 e. The molecule has 4 nitrogen and oxygen atoms in total. The van der Waals surface area contributed by atoms with Gasteiger partial charge in [0.1, 0.15) is 11.5 Å². The Labute approximate surface area is 174 Å². The summed E-state index contributed by atoms with van der Waals surface area (Å²) in [6.45, 7) is 5.83. The van der Waals surface area contributed by atoms with Crippen molar-refractivity contribution in [3.05, 3.63) is 100 Å². The molecule has 5 heteroatoms. The van der Waals surface area contributed by atoms with Gasteiger partial charge in [0.15, 0.2) is 0 Å². The van der Waals surface area contributed by atoms with Crippen LogP contribution in [0, 0.1) is 26.6 Å². The van der Waals surface area contributed by atoms with E-state index in [1.165, 1.54) is 29.2 Å². The van der Waals surface area contributed by atoms with Crippen LogP contribution in [0.1, 0.15) is 22.3 Å². The maximum atomic E-state index is 13.4. The summed E-state index contributed by atoms with van der Waals surface area (Å²) in [6.07, 6.45) is 0. The lowest BCUT2D eigenvalue weighted by molar-refractivity contribution is -0.120. The zero-order chi connectivity index (χ0) is 21.4. The van der Waals surface area contributed by atoms with E-state index in [0.717, 1.165) is 16.7 Å². The summed E-state index contributed by atoms with van der Waals surface area (Å²) in [5, 5.41) is 3.05. The molecule has 4 rings (SSSR count). The highest BCUT2D eigenvalue weighted by molar-refractivity contribution is 6.46. The number of aryl methyl sites for hydroxylation is 3. The number of carbonyl (C=O) groups excluding carboxylic acids is 2. The molecular weight excluding hydrogens is 379 g/mol. The minimum absolute atomic E-state index is 0.180. The molecule has 2 amide bonds. The number of nitrogens with one attached hydrogen (secondary N) is 1. The normalized spacial score (nSPS) is 13.9. The van der Waals surface area contributed by atoms with E-state index in [2.05, 4.69) is 5.32 Å². The minimum atomic E-state index is -0.442. The Bertz CT molecular complexity index is 1180. The van der Waals surface area contributed by atoms with Crippen molar-refractivity contribution in [2.24, 2.45) is 0 Å². The van der Waals surface area contributed by atoms with Gasteiger partial charge in [0.05, 0.1) is 11.3 Å². The van der Waals surface area contributed by atoms with Crippen LogP contribution in [-0.2, 0) is 9.59 Å². The van der Waals surface area contributed by atoms with Crippen LogP contribution in [0.4, 0.5) is 15.8 Å². The number of halogens is 1. The number of benzene rings is 3. The van der Waals surface area contributed by atoms with E-state index >= 15 is 0 Å². The standard InChI is InChI=1S/C25H21FN2O2/c1-15-4-11-20(12-5-15)28-24(29)22(21-13-6-16(2)14-17(21)3)23(25(28)30)27-19-9-7-18(26)8-10-19/h4-14,27H,1-3H3. The van der Waals surface area contributed by atoms with E-state index < -0.39 is 5.91 Å². The highest BCUT2D eigenvalue weighted by Gasteiger charge is 2.40. The second-order valence-corrected chi connectivity index (χ2v) is 7.48. The van der Waals surface area contributed by atoms with E-state index in [9.17, 15) is 14.0 Å². The van der Waals surface area contributed by atoms with Gasteiger partial charge in [-0.05, 0) is 68.3 Å². The molecule has 1 N–H and O–H groups in total. The monoisotopic (exact) mass is 400 g/mol. The molecule has 0 bridgehead atoms. The van der Waals surface area contributed by atoms with E-state index in [0.29, 0.717) is 22.5 Å². The Hall–Kier alpha value is -3.73. The third-order valence-corrected chi connectivity index (χ3v) is 5.14. The van der Waals surface area contributed by atoms with Crippen molar-refractivity contribution in [1.29, 1.82) is 0 Å². The number of imide groups is 1. The van der Waals surface area contributed by atoms with Gasteiger partial charge in [0.25, 0.3) is 11.8 Å². The summed E-state index contributed by atoms with van der Waals surface area (Å²) in [5.41, 5.74) is 5.21. The summed E-state index contributed by atoms with van der Waals surface area (Å²) in [7, 11) is 0. The maximum absolute atomic E-state index is 13.4. The minimum Gasteiger partial charge on any atom is -0.350 e. The quantitative estimate of drug-likeness (QED) is 0.617. The molecule has 1 aliphatic rings. The molecule has 0 atom stereocenters. The van der Waals surface area contributed by atoms with Crippen LogP contribution in [-0.4, -0.2) is 11.8 Å². The number of nitrogens with zero attached hydrogens (tertiary/aromatic N) is 1. The average Bonchev–Trinajstić information content (AvgIpc) is 2.95. The molecule has 0 fully saturated rings. The molecule has 0 radical (unpaired) electrons. The number of amides is 2. The van der Waals surface area contributed by atoms with Crippen molar-refractivity contribution >= 4 is 28.8 Å². The Morgan fingerprint density at radius 1 is 0.767 bits per heavy atom. The predicted molar refractivity (Wildman–Crippen MR) is 117 cm³/mol. The molecule has 1 heterocycles. The summed E-state index contributed by atoms with van der Waals surface area (Å²) in [5.74, 6) is -1.21. The Kier molecular flexibility index (Phi) is 4.96. The first-order valence-electron chi connectivity index (χ1n) is 9.65. The summed E-state index contributed by atoms with van der Waals surface area (Å²) in [6, 6.07) is 18.7. The van der Waals surface area contributed by atoms with E-state index in [1.54, 1.807) is 12.1 Å². The first-order chi connectivity index (χ1) is 14.3. The van der Waals surface area contributed by atoms with Crippen LogP contribution < -0.4 is 10.2 Å². The lowest BCUT2D eigenvalue weighted by Crippen LogP contribution is -2.32. The van der Waals surface area contributed by atoms with Crippen LogP contribution in [0.15, 0.2) is 72.4 Å². The van der Waals surface area contributed by atoms with E-state index in [1.807, 2.05) is 51.1 Å². The summed E-state index contributed by atoms with van der Waals surface area (Å²) < 4.78 is 13.3. The number of rotatable bonds is 4. The molecular formula is C25H21FN2O2. The predicted octanol–water partition coefficient (Wildman–Crippen LogP) is 5.15. The first-order valence-corrected chi connectivity index (χ1v) is 9.65. The molecule has 0 aromatic heterocycles. The second kappa shape index (κ2) is 7.59. The van der Waals surface area contributed by atoms with Crippen molar-refractivity contribution in [2.75, 3.05) is 10.2 Å². The highest BCUT2D eigenvalue weighted by Crippen LogP contribution is 2.35. The van der Waals surface area contributed by atoms with Gasteiger partial charge in [-0.2, -0.15) is 0 Å². The van der Waals surface area contributed by atoms with E-state index in [-0.39, 0.29) is 17.4 Å². The third-order valence-electron chi connectivity index (χ3n) is 5.14. The zero-order valence-corrected chi connectivity index (χ0v) is 17.0. The SMILES string of the molecule is Cc1ccc(N2C(=O)C(Nc3ccc(F)cc3)=C(c3ccc(C)cc3C)C2=O)cc1. The fourth-order valence-electron chi connectivity index (χ4n) is 3.60. The molecule has 0 saturated carbocycles. The number of anilines is 2. The molecule has 30 heavy (non-hydrogen) atoms. The molecule has 0 unspecified atom stereocenters. The Morgan fingerprint density at radius 2 is 1.40 bits per heavy atom. The van der Waals surface area contributed by atoms with Crippen molar-refractivity contribution in [2.45, 2.75) is 20.8 Å². The molecule has 1 aliphatic heterocycles. The van der Waals surface area contributed by atoms with Gasteiger partial charge < -0.3 is 5.32 Å². The number of hydrogen-bond donors (Lipinski definition) is 1. The fourth-order valence-corrected chi connectivity index (χ4v) is 3.60. The lowest BCUT2D eigenvalue weighted by atomic mass is 9.97. The van der Waals surface area contributed by atoms with Crippen LogP contribution in [0.3, 0.4) is 0 Å². The molecule has 0 aliphatic carbocycles. The number of hydrogen-bond acceptors (Lipinski definition) is 3. The Morgan fingerprint density at radius 3 is 2.03 bits per heavy atom. The molecule has 150 valence electrons. The topological polar surface area (TPSA) is 49.4 Å². The van der Waals surface area contributed by atoms with Gasteiger partial charge in [0.2, 0.25) is 0 Å². The number of carbonyl (C=O) groups is 2. The van der Waals surface area contributed by atoms with Crippen LogP contribution in [0.2, 0.25) is 0 Å². The van der Waals surface area contributed by atoms with E-state index in [4.69, 9.17) is 0 Å². The van der Waals surface area contributed by atoms with Crippen molar-refractivity contribution < 1.29 is 14.0 Å². The third kappa shape index (κ3) is 3.50. The van der Waals surface area contributed by atoms with Crippen molar-refractivity contribution in [3.63, 3.8) is 0 Å². The van der Waals surface area contributed by atoms with Gasteiger partial charge in [-0.25, -0.2) is 9.29 Å². The van der Waals surface area contributed by atoms with Gasteiger partial charge in [0, 0.05) is 5.69 Å². The molecule has 3 aromatic carbocycles. The Balaban J connectivity index is 1.84. The van der Waals surface area contributed by atoms with Gasteiger partial charge in [-0.3, -0.25) is 9.59 Å². The van der Waals surface area contributed by atoms with Gasteiger partial charge in [-0.1, -0.05) is 41.5 Å². The zero-order valence-electron chi connectivity index (χ0n) is 17.0.